The van der Waals surface area contributed by atoms with E-state index in [4.69, 9.17) is 9.62 Å². The van der Waals surface area contributed by atoms with Crippen molar-refractivity contribution < 1.29 is 19.7 Å². The SMILES string of the molecule is CCCCCC1CCC(c2ccc(C(=O)OCC(c3ccccc3)C(OO)c3ccc(C4CCC(C)CC4)cc3)cc2)CC1. The fraction of sp³-hybridized carbons (Fsp3) is 0.525. The highest BCUT2D eigenvalue weighted by atomic mass is 17.1. The summed E-state index contributed by atoms with van der Waals surface area (Å²) in [7, 11) is 0. The number of rotatable bonds is 13. The van der Waals surface area contributed by atoms with Gasteiger partial charge in [0, 0.05) is 0 Å². The molecule has 44 heavy (non-hydrogen) atoms. The maximum atomic E-state index is 13.2. The Morgan fingerprint density at radius 3 is 1.93 bits per heavy atom. The first-order chi connectivity index (χ1) is 21.6. The first-order valence-corrected chi connectivity index (χ1v) is 17.3. The van der Waals surface area contributed by atoms with E-state index in [0.717, 1.165) is 23.0 Å². The maximum absolute atomic E-state index is 13.2. The van der Waals surface area contributed by atoms with Crippen LogP contribution in [-0.2, 0) is 9.62 Å². The van der Waals surface area contributed by atoms with Crippen molar-refractivity contribution in [1.29, 1.82) is 0 Å². The van der Waals surface area contributed by atoms with Crippen LogP contribution in [0.15, 0.2) is 78.9 Å². The molecule has 0 spiro atoms. The zero-order chi connectivity index (χ0) is 30.7. The molecule has 0 saturated heterocycles. The highest BCUT2D eigenvalue weighted by Gasteiger charge is 2.29. The van der Waals surface area contributed by atoms with Crippen molar-refractivity contribution in [3.8, 4) is 0 Å². The lowest BCUT2D eigenvalue weighted by Crippen LogP contribution is -2.21. The van der Waals surface area contributed by atoms with Gasteiger partial charge in [0.1, 0.15) is 12.7 Å². The molecule has 0 aliphatic heterocycles. The van der Waals surface area contributed by atoms with Gasteiger partial charge in [-0.1, -0.05) is 119 Å². The molecule has 3 aromatic rings. The summed E-state index contributed by atoms with van der Waals surface area (Å²) in [5.41, 5.74) is 5.06. The zero-order valence-electron chi connectivity index (χ0n) is 26.8. The summed E-state index contributed by atoms with van der Waals surface area (Å²) in [5, 5.41) is 10.1. The lowest BCUT2D eigenvalue weighted by atomic mass is 9.77. The van der Waals surface area contributed by atoms with Crippen LogP contribution >= 0.6 is 0 Å². The van der Waals surface area contributed by atoms with Gasteiger partial charge >= 0.3 is 5.97 Å². The molecule has 2 fully saturated rings. The van der Waals surface area contributed by atoms with Crippen LogP contribution < -0.4 is 0 Å². The topological polar surface area (TPSA) is 55.8 Å². The Morgan fingerprint density at radius 2 is 1.34 bits per heavy atom. The molecule has 2 aliphatic rings. The molecule has 2 saturated carbocycles. The van der Waals surface area contributed by atoms with Crippen molar-refractivity contribution in [3.63, 3.8) is 0 Å². The first kappa shape index (κ1) is 32.4. The van der Waals surface area contributed by atoms with E-state index >= 15 is 0 Å². The van der Waals surface area contributed by atoms with Gasteiger partial charge < -0.3 is 4.74 Å². The van der Waals surface area contributed by atoms with E-state index in [1.54, 1.807) is 0 Å². The van der Waals surface area contributed by atoms with Crippen LogP contribution in [0.1, 0.15) is 147 Å². The third kappa shape index (κ3) is 8.61. The molecule has 0 heterocycles. The predicted molar refractivity (Wildman–Crippen MR) is 178 cm³/mol. The van der Waals surface area contributed by atoms with Crippen molar-refractivity contribution in [3.05, 3.63) is 107 Å². The highest BCUT2D eigenvalue weighted by Crippen LogP contribution is 2.39. The predicted octanol–water partition coefficient (Wildman–Crippen LogP) is 11.0. The van der Waals surface area contributed by atoms with Crippen LogP contribution in [0.5, 0.6) is 0 Å². The number of hydrogen-bond donors (Lipinski definition) is 1. The Bertz CT molecular complexity index is 1250. The first-order valence-electron chi connectivity index (χ1n) is 17.3. The van der Waals surface area contributed by atoms with E-state index in [2.05, 4.69) is 50.2 Å². The molecule has 4 heteroatoms. The summed E-state index contributed by atoms with van der Waals surface area (Å²) >= 11 is 0. The molecule has 0 radical (unpaired) electrons. The number of ether oxygens (including phenoxy) is 1. The molecule has 236 valence electrons. The molecule has 0 amide bonds. The van der Waals surface area contributed by atoms with Crippen molar-refractivity contribution in [2.45, 2.75) is 115 Å². The molecule has 0 aromatic heterocycles. The molecule has 5 rings (SSSR count). The van der Waals surface area contributed by atoms with Gasteiger partial charge in [0.15, 0.2) is 0 Å². The summed E-state index contributed by atoms with van der Waals surface area (Å²) in [6.07, 6.45) is 14.8. The molecule has 3 aromatic carbocycles. The lowest BCUT2D eigenvalue weighted by Gasteiger charge is -2.29. The highest BCUT2D eigenvalue weighted by molar-refractivity contribution is 5.89. The second kappa shape index (κ2) is 16.4. The number of hydrogen-bond acceptors (Lipinski definition) is 4. The maximum Gasteiger partial charge on any atom is 0.338 e. The Morgan fingerprint density at radius 1 is 0.750 bits per heavy atom. The Hall–Kier alpha value is -2.95. The summed E-state index contributed by atoms with van der Waals surface area (Å²) in [6.45, 7) is 4.71. The van der Waals surface area contributed by atoms with Gasteiger partial charge in [0.05, 0.1) is 11.5 Å². The van der Waals surface area contributed by atoms with Gasteiger partial charge in [-0.05, 0) is 96.6 Å². The average Bonchev–Trinajstić information content (AvgIpc) is 3.08. The van der Waals surface area contributed by atoms with Crippen molar-refractivity contribution in [1.82, 2.24) is 0 Å². The summed E-state index contributed by atoms with van der Waals surface area (Å²) in [4.78, 5) is 18.3. The van der Waals surface area contributed by atoms with Gasteiger partial charge in [0.2, 0.25) is 0 Å². The summed E-state index contributed by atoms with van der Waals surface area (Å²) < 4.78 is 5.89. The standard InChI is InChI=1S/C40H52O4/c1-3-4-6-9-30-14-18-32(19-15-30)34-22-26-37(27-23-34)40(41)43-28-38(35-10-7-5-8-11-35)39(44-42)36-24-20-33(21-25-36)31-16-12-29(2)13-17-31/h5,7-8,10-11,20-27,29-32,38-39,42H,3-4,6,9,12-19,28H2,1-2H3. The number of carbonyl (C=O) groups is 1. The second-order valence-electron chi connectivity index (χ2n) is 13.6. The van der Waals surface area contributed by atoms with Crippen molar-refractivity contribution in [2.75, 3.05) is 6.61 Å². The van der Waals surface area contributed by atoms with Crippen LogP contribution in [0.4, 0.5) is 0 Å². The smallest absolute Gasteiger partial charge is 0.338 e. The fourth-order valence-electron chi connectivity index (χ4n) is 7.58. The summed E-state index contributed by atoms with van der Waals surface area (Å²) in [6, 6.07) is 26.4. The van der Waals surface area contributed by atoms with Crippen LogP contribution in [0.2, 0.25) is 0 Å². The minimum absolute atomic E-state index is 0.0974. The molecule has 2 aliphatic carbocycles. The number of carbonyl (C=O) groups excluding carboxylic acids is 1. The van der Waals surface area contributed by atoms with E-state index < -0.39 is 6.10 Å². The molecule has 2 unspecified atom stereocenters. The Labute approximate surface area is 265 Å². The van der Waals surface area contributed by atoms with E-state index in [9.17, 15) is 10.1 Å². The molecule has 0 bridgehead atoms. The molecular weight excluding hydrogens is 544 g/mol. The van der Waals surface area contributed by atoms with E-state index in [-0.39, 0.29) is 18.5 Å². The average molecular weight is 597 g/mol. The van der Waals surface area contributed by atoms with E-state index in [1.807, 2.05) is 42.5 Å². The van der Waals surface area contributed by atoms with Gasteiger partial charge in [-0.25, -0.2) is 9.68 Å². The van der Waals surface area contributed by atoms with Crippen LogP contribution in [-0.4, -0.2) is 17.8 Å². The van der Waals surface area contributed by atoms with Gasteiger partial charge in [-0.15, -0.1) is 0 Å². The van der Waals surface area contributed by atoms with Crippen LogP contribution in [0, 0.1) is 11.8 Å². The quantitative estimate of drug-likeness (QED) is 0.0923. The third-order valence-electron chi connectivity index (χ3n) is 10.5. The lowest BCUT2D eigenvalue weighted by molar-refractivity contribution is -0.288. The largest absolute Gasteiger partial charge is 0.461 e. The second-order valence-corrected chi connectivity index (χ2v) is 13.6. The number of esters is 1. The van der Waals surface area contributed by atoms with Crippen LogP contribution in [0.3, 0.4) is 0 Å². The molecular formula is C40H52O4. The van der Waals surface area contributed by atoms with Crippen molar-refractivity contribution >= 4 is 5.97 Å². The van der Waals surface area contributed by atoms with E-state index in [0.29, 0.717) is 17.4 Å². The van der Waals surface area contributed by atoms with Gasteiger partial charge in [-0.2, -0.15) is 0 Å². The monoisotopic (exact) mass is 596 g/mol. The molecule has 4 nitrogen and oxygen atoms in total. The molecule has 1 N–H and O–H groups in total. The van der Waals surface area contributed by atoms with E-state index in [1.165, 1.54) is 88.2 Å². The number of benzene rings is 3. The van der Waals surface area contributed by atoms with Crippen molar-refractivity contribution in [2.24, 2.45) is 11.8 Å². The van der Waals surface area contributed by atoms with Crippen LogP contribution in [0.25, 0.3) is 0 Å². The Kier molecular flexibility index (Phi) is 12.1. The fourth-order valence-corrected chi connectivity index (χ4v) is 7.58. The third-order valence-corrected chi connectivity index (χ3v) is 10.5. The summed E-state index contributed by atoms with van der Waals surface area (Å²) in [5.74, 6) is 2.16. The minimum Gasteiger partial charge on any atom is -0.461 e. The van der Waals surface area contributed by atoms with Gasteiger partial charge in [-0.3, -0.25) is 5.26 Å². The normalized spacial score (nSPS) is 23.5. The minimum atomic E-state index is -0.662. The molecule has 2 atom stereocenters. The number of unbranched alkanes of at least 4 members (excludes halogenated alkanes) is 2. The Balaban J connectivity index is 1.21. The van der Waals surface area contributed by atoms with Gasteiger partial charge in [0.25, 0.3) is 0 Å². The zero-order valence-corrected chi connectivity index (χ0v) is 26.8.